The second-order valence-electron chi connectivity index (χ2n) is 4.51. The number of aliphatic hydroxyl groups is 1. The molecule has 2 N–H and O–H groups in total. The molecule has 0 aliphatic heterocycles. The van der Waals surface area contributed by atoms with Gasteiger partial charge >= 0.3 is 0 Å². The van der Waals surface area contributed by atoms with Gasteiger partial charge in [-0.25, -0.2) is 9.67 Å². The summed E-state index contributed by atoms with van der Waals surface area (Å²) >= 11 is 0. The van der Waals surface area contributed by atoms with Crippen molar-refractivity contribution in [3.05, 3.63) is 54.7 Å². The highest BCUT2D eigenvalue weighted by atomic mass is 16.3. The van der Waals surface area contributed by atoms with E-state index in [-0.39, 0.29) is 6.61 Å². The summed E-state index contributed by atoms with van der Waals surface area (Å²) in [4.78, 5) is 4.35. The summed E-state index contributed by atoms with van der Waals surface area (Å²) in [6, 6.07) is 5.70. The summed E-state index contributed by atoms with van der Waals surface area (Å²) < 4.78 is 3.44. The number of aliphatic hydroxyl groups excluding tert-OH is 1. The zero-order valence-corrected chi connectivity index (χ0v) is 11.4. The van der Waals surface area contributed by atoms with Gasteiger partial charge < -0.3 is 10.4 Å². The molecule has 0 unspecified atom stereocenters. The Morgan fingerprint density at radius 1 is 1.19 bits per heavy atom. The van der Waals surface area contributed by atoms with Gasteiger partial charge in [-0.3, -0.25) is 4.68 Å². The van der Waals surface area contributed by atoms with Gasteiger partial charge in [0.25, 0.3) is 0 Å². The van der Waals surface area contributed by atoms with Crippen LogP contribution in [0.5, 0.6) is 0 Å². The average Bonchev–Trinajstić information content (AvgIpc) is 3.17. The van der Waals surface area contributed by atoms with Crippen LogP contribution < -0.4 is 5.32 Å². The Hall–Kier alpha value is -2.67. The molecular formula is C14H16N6O. The third-order valence-corrected chi connectivity index (χ3v) is 3.01. The van der Waals surface area contributed by atoms with E-state index >= 15 is 0 Å². The van der Waals surface area contributed by atoms with E-state index < -0.39 is 0 Å². The standard InChI is InChI=1S/C14H16N6O/c21-8-7-19-11-12(10-18-19)9-16-13-3-1-4-15-14(13)20-6-2-5-17-20/h1-6,10-11,16,21H,7-9H2. The third-order valence-electron chi connectivity index (χ3n) is 3.01. The van der Waals surface area contributed by atoms with Gasteiger partial charge in [0, 0.05) is 36.9 Å². The van der Waals surface area contributed by atoms with Crippen LogP contribution in [0.4, 0.5) is 5.69 Å². The fraction of sp³-hybridized carbons (Fsp3) is 0.214. The number of rotatable bonds is 6. The maximum atomic E-state index is 8.88. The van der Waals surface area contributed by atoms with E-state index in [9.17, 15) is 0 Å². The molecule has 0 saturated heterocycles. The van der Waals surface area contributed by atoms with Gasteiger partial charge in [0.1, 0.15) is 0 Å². The first-order valence-corrected chi connectivity index (χ1v) is 6.68. The lowest BCUT2D eigenvalue weighted by molar-refractivity contribution is 0.269. The van der Waals surface area contributed by atoms with Crippen molar-refractivity contribution in [3.8, 4) is 5.82 Å². The summed E-state index contributed by atoms with van der Waals surface area (Å²) in [7, 11) is 0. The van der Waals surface area contributed by atoms with Crippen molar-refractivity contribution in [3.63, 3.8) is 0 Å². The number of hydrogen-bond donors (Lipinski definition) is 2. The van der Waals surface area contributed by atoms with Crippen molar-refractivity contribution in [1.29, 1.82) is 0 Å². The first-order chi connectivity index (χ1) is 10.4. The number of nitrogens with one attached hydrogen (secondary N) is 1. The van der Waals surface area contributed by atoms with Crippen LogP contribution in [-0.2, 0) is 13.1 Å². The number of hydrogen-bond acceptors (Lipinski definition) is 5. The number of nitrogens with zero attached hydrogens (tertiary/aromatic N) is 5. The quantitative estimate of drug-likeness (QED) is 0.707. The zero-order chi connectivity index (χ0) is 14.5. The summed E-state index contributed by atoms with van der Waals surface area (Å²) in [6.07, 6.45) is 9.01. The van der Waals surface area contributed by atoms with Crippen LogP contribution in [0, 0.1) is 0 Å². The molecule has 108 valence electrons. The SMILES string of the molecule is OCCn1cc(CNc2cccnc2-n2cccn2)cn1. The van der Waals surface area contributed by atoms with Crippen molar-refractivity contribution < 1.29 is 5.11 Å². The van der Waals surface area contributed by atoms with E-state index in [2.05, 4.69) is 20.5 Å². The largest absolute Gasteiger partial charge is 0.394 e. The molecule has 0 amide bonds. The molecular weight excluding hydrogens is 268 g/mol. The molecule has 21 heavy (non-hydrogen) atoms. The zero-order valence-electron chi connectivity index (χ0n) is 11.4. The molecule has 3 aromatic heterocycles. The summed E-state index contributed by atoms with van der Waals surface area (Å²) in [5, 5.41) is 20.6. The minimum absolute atomic E-state index is 0.0839. The minimum Gasteiger partial charge on any atom is -0.394 e. The van der Waals surface area contributed by atoms with E-state index in [4.69, 9.17) is 5.11 Å². The van der Waals surface area contributed by atoms with Crippen LogP contribution in [0.1, 0.15) is 5.56 Å². The predicted molar refractivity (Wildman–Crippen MR) is 78.0 cm³/mol. The maximum Gasteiger partial charge on any atom is 0.176 e. The first-order valence-electron chi connectivity index (χ1n) is 6.68. The fourth-order valence-electron chi connectivity index (χ4n) is 2.03. The van der Waals surface area contributed by atoms with Crippen LogP contribution in [0.3, 0.4) is 0 Å². The summed E-state index contributed by atoms with van der Waals surface area (Å²) in [6.45, 7) is 1.22. The molecule has 7 heteroatoms. The number of pyridine rings is 1. The smallest absolute Gasteiger partial charge is 0.176 e. The monoisotopic (exact) mass is 284 g/mol. The van der Waals surface area contributed by atoms with Gasteiger partial charge in [0.2, 0.25) is 0 Å². The Kier molecular flexibility index (Phi) is 3.92. The first kappa shape index (κ1) is 13.3. The topological polar surface area (TPSA) is 80.8 Å². The molecule has 0 fully saturated rings. The summed E-state index contributed by atoms with van der Waals surface area (Å²) in [5.74, 6) is 0.755. The molecule has 0 aliphatic carbocycles. The molecule has 0 aromatic carbocycles. The second-order valence-corrected chi connectivity index (χ2v) is 4.51. The molecule has 0 bridgehead atoms. The van der Waals surface area contributed by atoms with E-state index in [0.717, 1.165) is 17.1 Å². The number of aromatic nitrogens is 5. The van der Waals surface area contributed by atoms with Crippen molar-refractivity contribution in [2.24, 2.45) is 0 Å². The molecule has 3 aromatic rings. The van der Waals surface area contributed by atoms with Crippen molar-refractivity contribution in [2.45, 2.75) is 13.1 Å². The second kappa shape index (κ2) is 6.19. The molecule has 3 heterocycles. The van der Waals surface area contributed by atoms with E-state index in [1.807, 2.05) is 30.6 Å². The third kappa shape index (κ3) is 3.09. The van der Waals surface area contributed by atoms with Crippen LogP contribution in [0.15, 0.2) is 49.2 Å². The Bertz CT molecular complexity index is 691. The Morgan fingerprint density at radius 2 is 2.14 bits per heavy atom. The van der Waals surface area contributed by atoms with Crippen LogP contribution >= 0.6 is 0 Å². The lowest BCUT2D eigenvalue weighted by Crippen LogP contribution is -2.06. The van der Waals surface area contributed by atoms with Crippen molar-refractivity contribution >= 4 is 5.69 Å². The lowest BCUT2D eigenvalue weighted by Gasteiger charge is -2.09. The van der Waals surface area contributed by atoms with Gasteiger partial charge in [-0.1, -0.05) is 0 Å². The van der Waals surface area contributed by atoms with E-state index in [1.165, 1.54) is 0 Å². The van der Waals surface area contributed by atoms with Gasteiger partial charge in [-0.2, -0.15) is 10.2 Å². The van der Waals surface area contributed by atoms with Crippen molar-refractivity contribution in [1.82, 2.24) is 24.5 Å². The lowest BCUT2D eigenvalue weighted by atomic mass is 10.3. The summed E-state index contributed by atoms with van der Waals surface area (Å²) in [5.41, 5.74) is 1.94. The van der Waals surface area contributed by atoms with Gasteiger partial charge in [-0.15, -0.1) is 0 Å². The van der Waals surface area contributed by atoms with Crippen molar-refractivity contribution in [2.75, 3.05) is 11.9 Å². The van der Waals surface area contributed by atoms with Crippen LogP contribution in [-0.4, -0.2) is 36.3 Å². The van der Waals surface area contributed by atoms with Gasteiger partial charge in [0.15, 0.2) is 5.82 Å². The number of anilines is 1. The Labute approximate surface area is 121 Å². The fourth-order valence-corrected chi connectivity index (χ4v) is 2.03. The van der Waals surface area contributed by atoms with Crippen LogP contribution in [0.25, 0.3) is 5.82 Å². The van der Waals surface area contributed by atoms with E-state index in [1.54, 1.807) is 28.0 Å². The molecule has 7 nitrogen and oxygen atoms in total. The molecule has 0 radical (unpaired) electrons. The molecule has 0 spiro atoms. The molecule has 0 aliphatic rings. The van der Waals surface area contributed by atoms with Gasteiger partial charge in [0.05, 0.1) is 25.0 Å². The van der Waals surface area contributed by atoms with E-state index in [0.29, 0.717) is 13.1 Å². The highest BCUT2D eigenvalue weighted by Gasteiger charge is 2.06. The molecule has 3 rings (SSSR count). The highest BCUT2D eigenvalue weighted by Crippen LogP contribution is 2.17. The molecule has 0 atom stereocenters. The maximum absolute atomic E-state index is 8.88. The highest BCUT2D eigenvalue weighted by molar-refractivity contribution is 5.56. The Morgan fingerprint density at radius 3 is 2.95 bits per heavy atom. The van der Waals surface area contributed by atoms with Crippen LogP contribution in [0.2, 0.25) is 0 Å². The Balaban J connectivity index is 1.73. The minimum atomic E-state index is 0.0839. The average molecular weight is 284 g/mol. The molecule has 0 saturated carbocycles. The predicted octanol–water partition coefficient (Wildman–Crippen LogP) is 1.07. The van der Waals surface area contributed by atoms with Gasteiger partial charge in [-0.05, 0) is 18.2 Å². The normalized spacial score (nSPS) is 10.7.